The van der Waals surface area contributed by atoms with Crippen molar-refractivity contribution in [2.24, 2.45) is 0 Å². The fourth-order valence-corrected chi connectivity index (χ4v) is 3.14. The molecule has 0 fully saturated rings. The van der Waals surface area contributed by atoms with Gasteiger partial charge < -0.3 is 10.2 Å². The van der Waals surface area contributed by atoms with Crippen LogP contribution in [-0.2, 0) is 0 Å². The van der Waals surface area contributed by atoms with Gasteiger partial charge in [0.2, 0.25) is 0 Å². The van der Waals surface area contributed by atoms with E-state index in [2.05, 4.69) is 19.4 Å². The minimum Gasteiger partial charge on any atom is -0.352 e. The smallest absolute Gasteiger partial charge is 0.252 e. The zero-order valence-electron chi connectivity index (χ0n) is 15.1. The number of benzene rings is 2. The van der Waals surface area contributed by atoms with Crippen molar-refractivity contribution in [2.75, 3.05) is 27.2 Å². The molecule has 1 heterocycles. The van der Waals surface area contributed by atoms with E-state index < -0.39 is 0 Å². The summed E-state index contributed by atoms with van der Waals surface area (Å²) in [5, 5.41) is 4.49. The van der Waals surface area contributed by atoms with Crippen LogP contribution in [0.5, 0.6) is 0 Å². The number of halogens is 1. The Hall–Kier alpha value is -2.43. The van der Waals surface area contributed by atoms with Gasteiger partial charge in [-0.15, -0.1) is 0 Å². The normalized spacial score (nSPS) is 11.1. The number of hydrogen-bond acceptors (Lipinski definition) is 2. The predicted octanol–water partition coefficient (Wildman–Crippen LogP) is 2.82. The van der Waals surface area contributed by atoms with Gasteiger partial charge in [-0.1, -0.05) is 48.0 Å². The highest BCUT2D eigenvalue weighted by molar-refractivity contribution is 6.33. The second-order valence-electron chi connectivity index (χ2n) is 6.62. The van der Waals surface area contributed by atoms with Gasteiger partial charge in [-0.2, -0.15) is 0 Å². The Morgan fingerprint density at radius 3 is 2.62 bits per heavy atom. The largest absolute Gasteiger partial charge is 0.352 e. The van der Waals surface area contributed by atoms with Gasteiger partial charge in [0, 0.05) is 28.9 Å². The number of nitrogens with zero attached hydrogens (tertiary/aromatic N) is 1. The monoisotopic (exact) mass is 368 g/mol. The van der Waals surface area contributed by atoms with Crippen LogP contribution >= 0.6 is 11.6 Å². The maximum Gasteiger partial charge on any atom is 0.252 e. The van der Waals surface area contributed by atoms with Crippen LogP contribution in [0, 0.1) is 0 Å². The molecular weight excluding hydrogens is 346 g/mol. The summed E-state index contributed by atoms with van der Waals surface area (Å²) in [6.45, 7) is 1.67. The Balaban J connectivity index is 1.96. The molecule has 0 saturated heterocycles. The first-order valence-corrected chi connectivity index (χ1v) is 9.16. The zero-order valence-corrected chi connectivity index (χ0v) is 15.8. The lowest BCUT2D eigenvalue weighted by Crippen LogP contribution is -3.05. The molecule has 0 spiro atoms. The number of pyridine rings is 1. The van der Waals surface area contributed by atoms with Crippen LogP contribution in [0.1, 0.15) is 16.8 Å². The van der Waals surface area contributed by atoms with Gasteiger partial charge in [0.25, 0.3) is 5.91 Å². The summed E-state index contributed by atoms with van der Waals surface area (Å²) < 4.78 is 0. The molecule has 1 amide bonds. The van der Waals surface area contributed by atoms with Crippen LogP contribution in [0.15, 0.2) is 54.6 Å². The Kier molecular flexibility index (Phi) is 5.86. The number of nitrogens with one attached hydrogen (secondary N) is 2. The number of carbonyl (C=O) groups is 1. The number of aromatic nitrogens is 1. The first kappa shape index (κ1) is 18.4. The highest BCUT2D eigenvalue weighted by Crippen LogP contribution is 2.29. The first-order chi connectivity index (χ1) is 12.6. The summed E-state index contributed by atoms with van der Waals surface area (Å²) in [6, 6.07) is 17.1. The van der Waals surface area contributed by atoms with Gasteiger partial charge in [0.15, 0.2) is 0 Å². The second-order valence-corrected chi connectivity index (χ2v) is 7.03. The molecule has 0 radical (unpaired) electrons. The third-order valence-electron chi connectivity index (χ3n) is 4.25. The third kappa shape index (κ3) is 4.21. The molecule has 134 valence electrons. The van der Waals surface area contributed by atoms with Gasteiger partial charge in [0.1, 0.15) is 0 Å². The van der Waals surface area contributed by atoms with E-state index >= 15 is 0 Å². The highest BCUT2D eigenvalue weighted by atomic mass is 35.5. The summed E-state index contributed by atoms with van der Waals surface area (Å²) in [5.74, 6) is -0.0781. The summed E-state index contributed by atoms with van der Waals surface area (Å²) in [6.07, 6.45) is 0.939. The predicted molar refractivity (Wildman–Crippen MR) is 107 cm³/mol. The molecule has 1 aromatic heterocycles. The topological polar surface area (TPSA) is 46.4 Å². The van der Waals surface area contributed by atoms with E-state index in [9.17, 15) is 4.79 Å². The molecule has 0 aliphatic heterocycles. The number of quaternary nitrogens is 1. The molecule has 0 aliphatic rings. The number of rotatable bonds is 6. The van der Waals surface area contributed by atoms with Crippen molar-refractivity contribution in [1.82, 2.24) is 10.3 Å². The SMILES string of the molecule is C[NH+](C)CCCNC(=O)c1cc(-c2ccccc2Cl)nc2ccccc12. The second kappa shape index (κ2) is 8.30. The molecule has 0 atom stereocenters. The van der Waals surface area contributed by atoms with Crippen LogP contribution in [-0.4, -0.2) is 38.1 Å². The Morgan fingerprint density at radius 1 is 1.12 bits per heavy atom. The minimum atomic E-state index is -0.0781. The summed E-state index contributed by atoms with van der Waals surface area (Å²) in [5.41, 5.74) is 2.94. The Bertz CT molecular complexity index is 924. The summed E-state index contributed by atoms with van der Waals surface area (Å²) >= 11 is 6.33. The fourth-order valence-electron chi connectivity index (χ4n) is 2.91. The molecule has 2 N–H and O–H groups in total. The minimum absolute atomic E-state index is 0.0781. The van der Waals surface area contributed by atoms with E-state index in [1.54, 1.807) is 0 Å². The summed E-state index contributed by atoms with van der Waals surface area (Å²) in [7, 11) is 4.21. The molecular formula is C21H23ClN3O+. The van der Waals surface area contributed by atoms with Gasteiger partial charge >= 0.3 is 0 Å². The lowest BCUT2D eigenvalue weighted by molar-refractivity contribution is -0.858. The molecule has 0 aliphatic carbocycles. The van der Waals surface area contributed by atoms with E-state index in [0.717, 1.165) is 29.4 Å². The van der Waals surface area contributed by atoms with Crippen LogP contribution in [0.3, 0.4) is 0 Å². The van der Waals surface area contributed by atoms with Crippen LogP contribution in [0.25, 0.3) is 22.2 Å². The Labute approximate surface area is 158 Å². The molecule has 2 aromatic carbocycles. The van der Waals surface area contributed by atoms with Gasteiger partial charge in [-0.3, -0.25) is 4.79 Å². The van der Waals surface area contributed by atoms with Crippen molar-refractivity contribution in [3.63, 3.8) is 0 Å². The van der Waals surface area contributed by atoms with Crippen LogP contribution in [0.4, 0.5) is 0 Å². The average molecular weight is 369 g/mol. The average Bonchev–Trinajstić information content (AvgIpc) is 2.64. The third-order valence-corrected chi connectivity index (χ3v) is 4.58. The molecule has 3 aromatic rings. The van der Waals surface area contributed by atoms with Gasteiger partial charge in [0.05, 0.1) is 37.4 Å². The van der Waals surface area contributed by atoms with Crippen molar-refractivity contribution in [3.05, 3.63) is 65.2 Å². The molecule has 0 saturated carbocycles. The van der Waals surface area contributed by atoms with E-state index in [0.29, 0.717) is 22.8 Å². The number of carbonyl (C=O) groups excluding carboxylic acids is 1. The van der Waals surface area contributed by atoms with Gasteiger partial charge in [-0.05, 0) is 18.2 Å². The van der Waals surface area contributed by atoms with Crippen molar-refractivity contribution in [1.29, 1.82) is 0 Å². The van der Waals surface area contributed by atoms with Crippen molar-refractivity contribution in [2.45, 2.75) is 6.42 Å². The van der Waals surface area contributed by atoms with E-state index in [1.807, 2.05) is 54.6 Å². The van der Waals surface area contributed by atoms with Crippen molar-refractivity contribution in [3.8, 4) is 11.3 Å². The van der Waals surface area contributed by atoms with E-state index in [1.165, 1.54) is 4.90 Å². The Morgan fingerprint density at radius 2 is 1.85 bits per heavy atom. The lowest BCUT2D eigenvalue weighted by Gasteiger charge is -2.12. The number of fused-ring (bicyclic) bond motifs is 1. The van der Waals surface area contributed by atoms with Crippen molar-refractivity contribution < 1.29 is 9.69 Å². The molecule has 3 rings (SSSR count). The number of hydrogen-bond donors (Lipinski definition) is 2. The maximum absolute atomic E-state index is 12.8. The standard InChI is InChI=1S/C21H22ClN3O/c1-25(2)13-7-12-23-21(26)17-14-20(16-9-3-5-10-18(16)22)24-19-11-6-4-8-15(17)19/h3-6,8-11,14H,7,12-13H2,1-2H3,(H,23,26)/p+1. The highest BCUT2D eigenvalue weighted by Gasteiger charge is 2.14. The number of amides is 1. The quantitative estimate of drug-likeness (QED) is 0.657. The van der Waals surface area contributed by atoms with E-state index in [-0.39, 0.29) is 5.91 Å². The summed E-state index contributed by atoms with van der Waals surface area (Å²) in [4.78, 5) is 18.9. The number of para-hydroxylation sites is 1. The van der Waals surface area contributed by atoms with Crippen molar-refractivity contribution >= 4 is 28.4 Å². The van der Waals surface area contributed by atoms with Crippen LogP contribution < -0.4 is 10.2 Å². The van der Waals surface area contributed by atoms with E-state index in [4.69, 9.17) is 16.6 Å². The van der Waals surface area contributed by atoms with Gasteiger partial charge in [-0.25, -0.2) is 4.98 Å². The zero-order chi connectivity index (χ0) is 18.5. The molecule has 0 bridgehead atoms. The fraction of sp³-hybridized carbons (Fsp3) is 0.238. The molecule has 0 unspecified atom stereocenters. The first-order valence-electron chi connectivity index (χ1n) is 8.78. The maximum atomic E-state index is 12.8. The molecule has 4 nitrogen and oxygen atoms in total. The van der Waals surface area contributed by atoms with Crippen LogP contribution in [0.2, 0.25) is 5.02 Å². The molecule has 26 heavy (non-hydrogen) atoms. The lowest BCUT2D eigenvalue weighted by atomic mass is 10.0. The molecule has 5 heteroatoms.